The predicted molar refractivity (Wildman–Crippen MR) is 127 cm³/mol. The van der Waals surface area contributed by atoms with Gasteiger partial charge in [0.25, 0.3) is 5.91 Å². The molecule has 1 amide bonds. The fourth-order valence-electron chi connectivity index (χ4n) is 3.70. The fraction of sp³-hybridized carbons (Fsp3) is 0.286. The first-order chi connectivity index (χ1) is 14.7. The molecule has 1 fully saturated rings. The van der Waals surface area contributed by atoms with Gasteiger partial charge in [-0.25, -0.2) is 8.42 Å². The Labute approximate surface area is 199 Å². The number of amides is 1. The third-order valence-electron chi connectivity index (χ3n) is 5.27. The van der Waals surface area contributed by atoms with E-state index in [1.54, 1.807) is 36.3 Å². The molecule has 0 unspecified atom stereocenters. The average Bonchev–Trinajstić information content (AvgIpc) is 3.25. The van der Waals surface area contributed by atoms with Gasteiger partial charge in [-0.1, -0.05) is 46.9 Å². The third kappa shape index (κ3) is 4.66. The van der Waals surface area contributed by atoms with Gasteiger partial charge in [-0.3, -0.25) is 4.79 Å². The molecule has 0 spiro atoms. The summed E-state index contributed by atoms with van der Waals surface area (Å²) in [7, 11) is -1.61. The standard InChI is InChI=1S/C21H18Cl3NO4S2/c1-29-15-4-2-12(3-5-15)10-25(14-6-7-31(27,28)11-14)21(26)20-19(24)18-16(23)8-13(22)9-17(18)30-20/h2-5,8-9,14H,6-7,10-11H2,1H3/t14-/m0/s1. The molecule has 1 aliphatic heterocycles. The number of carbonyl (C=O) groups excluding carboxylic acids is 1. The van der Waals surface area contributed by atoms with Gasteiger partial charge in [0.15, 0.2) is 9.84 Å². The van der Waals surface area contributed by atoms with E-state index in [1.165, 1.54) is 11.3 Å². The second-order valence-corrected chi connectivity index (χ2v) is 11.8. The van der Waals surface area contributed by atoms with Crippen molar-refractivity contribution in [3.05, 3.63) is 61.9 Å². The van der Waals surface area contributed by atoms with E-state index in [4.69, 9.17) is 39.5 Å². The maximum absolute atomic E-state index is 13.6. The smallest absolute Gasteiger partial charge is 0.266 e. The highest BCUT2D eigenvalue weighted by Crippen LogP contribution is 2.42. The van der Waals surface area contributed by atoms with E-state index in [9.17, 15) is 13.2 Å². The van der Waals surface area contributed by atoms with Crippen molar-refractivity contribution in [2.24, 2.45) is 0 Å². The minimum Gasteiger partial charge on any atom is -0.497 e. The monoisotopic (exact) mass is 517 g/mol. The van der Waals surface area contributed by atoms with Gasteiger partial charge in [0.05, 0.1) is 28.7 Å². The normalized spacial score (nSPS) is 17.7. The summed E-state index contributed by atoms with van der Waals surface area (Å²) in [5.41, 5.74) is 0.858. The minimum absolute atomic E-state index is 0.0612. The molecule has 10 heteroatoms. The molecular formula is C21H18Cl3NO4S2. The molecule has 4 rings (SSSR count). The van der Waals surface area contributed by atoms with E-state index in [0.29, 0.717) is 37.2 Å². The number of hydrogen-bond donors (Lipinski definition) is 0. The predicted octanol–water partition coefficient (Wildman–Crippen LogP) is 5.70. The lowest BCUT2D eigenvalue weighted by Gasteiger charge is -2.28. The summed E-state index contributed by atoms with van der Waals surface area (Å²) >= 11 is 20.2. The fourth-order valence-corrected chi connectivity index (χ4v) is 7.76. The van der Waals surface area contributed by atoms with Gasteiger partial charge in [0.1, 0.15) is 10.6 Å². The Kier molecular flexibility index (Phi) is 6.43. The third-order valence-corrected chi connectivity index (χ3v) is 9.15. The lowest BCUT2D eigenvalue weighted by atomic mass is 10.1. The average molecular weight is 519 g/mol. The van der Waals surface area contributed by atoms with Crippen LogP contribution >= 0.6 is 46.1 Å². The first-order valence-electron chi connectivity index (χ1n) is 9.40. The SMILES string of the molecule is COc1ccc(CN(C(=O)c2sc3cc(Cl)cc(Cl)c3c2Cl)[C@H]2CCS(=O)(=O)C2)cc1. The van der Waals surface area contributed by atoms with E-state index < -0.39 is 15.9 Å². The molecule has 0 N–H and O–H groups in total. The summed E-state index contributed by atoms with van der Waals surface area (Å²) < 4.78 is 30.1. The highest BCUT2D eigenvalue weighted by atomic mass is 35.5. The lowest BCUT2D eigenvalue weighted by Crippen LogP contribution is -2.40. The first kappa shape index (κ1) is 22.7. The Morgan fingerprint density at radius 2 is 1.90 bits per heavy atom. The van der Waals surface area contributed by atoms with Crippen molar-refractivity contribution in [3.8, 4) is 5.75 Å². The molecule has 0 bridgehead atoms. The molecule has 2 heterocycles. The van der Waals surface area contributed by atoms with Crippen LogP contribution in [0.1, 0.15) is 21.7 Å². The highest BCUT2D eigenvalue weighted by molar-refractivity contribution is 7.91. The van der Waals surface area contributed by atoms with Crippen LogP contribution in [0.5, 0.6) is 5.75 Å². The van der Waals surface area contributed by atoms with Crippen molar-refractivity contribution < 1.29 is 17.9 Å². The summed E-state index contributed by atoms with van der Waals surface area (Å²) in [6.45, 7) is 0.252. The van der Waals surface area contributed by atoms with Gasteiger partial charge in [-0.15, -0.1) is 11.3 Å². The largest absolute Gasteiger partial charge is 0.497 e. The number of rotatable bonds is 5. The number of thiophene rings is 1. The number of methoxy groups -OCH3 is 1. The number of ether oxygens (including phenoxy) is 1. The van der Waals surface area contributed by atoms with Gasteiger partial charge < -0.3 is 9.64 Å². The van der Waals surface area contributed by atoms with E-state index >= 15 is 0 Å². The second-order valence-electron chi connectivity index (χ2n) is 7.34. The number of sulfone groups is 1. The molecule has 164 valence electrons. The van der Waals surface area contributed by atoms with Gasteiger partial charge >= 0.3 is 0 Å². The van der Waals surface area contributed by atoms with Gasteiger partial charge in [-0.05, 0) is 36.2 Å². The maximum atomic E-state index is 13.6. The van der Waals surface area contributed by atoms with Crippen molar-refractivity contribution >= 4 is 72.0 Å². The number of carbonyl (C=O) groups is 1. The van der Waals surface area contributed by atoms with Gasteiger partial charge in [0.2, 0.25) is 0 Å². The second kappa shape index (κ2) is 8.79. The van der Waals surface area contributed by atoms with E-state index in [1.807, 2.05) is 12.1 Å². The van der Waals surface area contributed by atoms with Gasteiger partial charge in [-0.2, -0.15) is 0 Å². The number of hydrogen-bond acceptors (Lipinski definition) is 5. The number of benzene rings is 2. The van der Waals surface area contributed by atoms with E-state index in [2.05, 4.69) is 0 Å². The Bertz CT molecular complexity index is 1260. The van der Waals surface area contributed by atoms with Crippen LogP contribution in [0.4, 0.5) is 0 Å². The molecule has 5 nitrogen and oxygen atoms in total. The van der Waals surface area contributed by atoms with Crippen LogP contribution in [0.2, 0.25) is 15.1 Å². The molecule has 2 aromatic carbocycles. The van der Waals surface area contributed by atoms with Crippen LogP contribution in [0.25, 0.3) is 10.1 Å². The first-order valence-corrected chi connectivity index (χ1v) is 13.2. The molecule has 31 heavy (non-hydrogen) atoms. The zero-order valence-electron chi connectivity index (χ0n) is 16.4. The van der Waals surface area contributed by atoms with Crippen molar-refractivity contribution in [3.63, 3.8) is 0 Å². The Hall–Kier alpha value is -1.51. The van der Waals surface area contributed by atoms with Crippen molar-refractivity contribution in [1.29, 1.82) is 0 Å². The zero-order valence-corrected chi connectivity index (χ0v) is 20.3. The summed E-state index contributed by atoms with van der Waals surface area (Å²) in [5.74, 6) is 0.371. The van der Waals surface area contributed by atoms with E-state index in [-0.39, 0.29) is 29.0 Å². The molecular weight excluding hydrogens is 501 g/mol. The minimum atomic E-state index is -3.19. The lowest BCUT2D eigenvalue weighted by molar-refractivity contribution is 0.0686. The molecule has 1 atom stereocenters. The van der Waals surface area contributed by atoms with Crippen molar-refractivity contribution in [2.75, 3.05) is 18.6 Å². The molecule has 1 aromatic heterocycles. The topological polar surface area (TPSA) is 63.7 Å². The van der Waals surface area contributed by atoms with Gasteiger partial charge in [0, 0.05) is 27.7 Å². The number of nitrogens with zero attached hydrogens (tertiary/aromatic N) is 1. The van der Waals surface area contributed by atoms with Crippen LogP contribution in [0.15, 0.2) is 36.4 Å². The van der Waals surface area contributed by atoms with Crippen LogP contribution in [0, 0.1) is 0 Å². The number of fused-ring (bicyclic) bond motifs is 1. The molecule has 3 aromatic rings. The Morgan fingerprint density at radius 1 is 1.19 bits per heavy atom. The number of halogens is 3. The Balaban J connectivity index is 1.74. The van der Waals surface area contributed by atoms with Crippen molar-refractivity contribution in [1.82, 2.24) is 4.90 Å². The summed E-state index contributed by atoms with van der Waals surface area (Å²) in [5, 5.41) is 1.65. The van der Waals surface area contributed by atoms with Crippen molar-refractivity contribution in [2.45, 2.75) is 19.0 Å². The Morgan fingerprint density at radius 3 is 2.52 bits per heavy atom. The van der Waals surface area contributed by atoms with Crippen LogP contribution < -0.4 is 4.74 Å². The summed E-state index contributed by atoms with van der Waals surface area (Å²) in [6, 6.07) is 10.2. The molecule has 1 saturated heterocycles. The quantitative estimate of drug-likeness (QED) is 0.435. The maximum Gasteiger partial charge on any atom is 0.266 e. The summed E-state index contributed by atoms with van der Waals surface area (Å²) in [4.78, 5) is 15.5. The molecule has 0 aliphatic carbocycles. The summed E-state index contributed by atoms with van der Waals surface area (Å²) in [6.07, 6.45) is 0.388. The molecule has 1 aliphatic rings. The van der Waals surface area contributed by atoms with Crippen LogP contribution in [-0.2, 0) is 16.4 Å². The zero-order chi connectivity index (χ0) is 22.3. The molecule has 0 radical (unpaired) electrons. The van der Waals surface area contributed by atoms with Crippen LogP contribution in [-0.4, -0.2) is 43.9 Å². The molecule has 0 saturated carbocycles. The van der Waals surface area contributed by atoms with E-state index in [0.717, 1.165) is 5.56 Å². The highest BCUT2D eigenvalue weighted by Gasteiger charge is 2.36. The van der Waals surface area contributed by atoms with Crippen LogP contribution in [0.3, 0.4) is 0 Å².